The van der Waals surface area contributed by atoms with Crippen LogP contribution in [0.2, 0.25) is 5.02 Å². The van der Waals surface area contributed by atoms with Crippen molar-refractivity contribution < 1.29 is 5.11 Å². The molecule has 0 saturated heterocycles. The number of nitriles is 1. The summed E-state index contributed by atoms with van der Waals surface area (Å²) in [4.78, 5) is 0. The quantitative estimate of drug-likeness (QED) is 0.712. The van der Waals surface area contributed by atoms with Crippen LogP contribution in [0.3, 0.4) is 0 Å². The van der Waals surface area contributed by atoms with E-state index in [2.05, 4.69) is 11.4 Å². The van der Waals surface area contributed by atoms with Crippen LogP contribution in [0.4, 0.5) is 0 Å². The lowest BCUT2D eigenvalue weighted by Crippen LogP contribution is -2.15. The molecule has 18 heavy (non-hydrogen) atoms. The molecule has 0 aliphatic rings. The van der Waals surface area contributed by atoms with Gasteiger partial charge in [-0.25, -0.2) is 0 Å². The van der Waals surface area contributed by atoms with Crippen molar-refractivity contribution in [1.82, 2.24) is 5.32 Å². The molecule has 0 amide bonds. The van der Waals surface area contributed by atoms with E-state index >= 15 is 0 Å². The zero-order valence-electron chi connectivity index (χ0n) is 10.5. The molecule has 0 saturated carbocycles. The van der Waals surface area contributed by atoms with E-state index in [-0.39, 0.29) is 6.61 Å². The molecule has 2 N–H and O–H groups in total. The van der Waals surface area contributed by atoms with Crippen molar-refractivity contribution in [2.45, 2.75) is 32.2 Å². The lowest BCUT2D eigenvalue weighted by Gasteiger charge is -2.07. The fourth-order valence-corrected chi connectivity index (χ4v) is 1.95. The molecule has 0 atom stereocenters. The van der Waals surface area contributed by atoms with Crippen molar-refractivity contribution in [2.75, 3.05) is 13.2 Å². The van der Waals surface area contributed by atoms with E-state index in [1.165, 1.54) is 0 Å². The molecule has 0 aliphatic heterocycles. The highest BCUT2D eigenvalue weighted by molar-refractivity contribution is 6.31. The third-order valence-electron chi connectivity index (χ3n) is 2.76. The van der Waals surface area contributed by atoms with Crippen molar-refractivity contribution in [3.63, 3.8) is 0 Å². The zero-order chi connectivity index (χ0) is 13.2. The Bertz CT molecular complexity index is 401. The Morgan fingerprint density at radius 1 is 1.22 bits per heavy atom. The van der Waals surface area contributed by atoms with Gasteiger partial charge in [0.2, 0.25) is 0 Å². The van der Waals surface area contributed by atoms with Crippen LogP contribution in [0.5, 0.6) is 0 Å². The summed E-state index contributed by atoms with van der Waals surface area (Å²) < 4.78 is 0. The maximum Gasteiger partial charge on any atom is 0.0992 e. The number of hydrogen-bond donors (Lipinski definition) is 2. The molecule has 3 nitrogen and oxygen atoms in total. The first-order valence-electron chi connectivity index (χ1n) is 6.28. The Morgan fingerprint density at radius 3 is 2.67 bits per heavy atom. The van der Waals surface area contributed by atoms with Crippen LogP contribution in [0.25, 0.3) is 0 Å². The molecule has 0 bridgehead atoms. The van der Waals surface area contributed by atoms with Crippen LogP contribution < -0.4 is 5.32 Å². The van der Waals surface area contributed by atoms with Gasteiger partial charge < -0.3 is 10.4 Å². The topological polar surface area (TPSA) is 56.0 Å². The lowest BCUT2D eigenvalue weighted by atomic mass is 10.1. The largest absolute Gasteiger partial charge is 0.396 e. The molecular weight excluding hydrogens is 248 g/mol. The van der Waals surface area contributed by atoms with E-state index in [0.29, 0.717) is 10.6 Å². The van der Waals surface area contributed by atoms with Crippen LogP contribution in [0.15, 0.2) is 18.2 Å². The van der Waals surface area contributed by atoms with Gasteiger partial charge in [-0.2, -0.15) is 5.26 Å². The van der Waals surface area contributed by atoms with Crippen molar-refractivity contribution in [3.05, 3.63) is 34.3 Å². The minimum absolute atomic E-state index is 0.286. The second-order valence-electron chi connectivity index (χ2n) is 4.23. The number of aliphatic hydroxyl groups is 1. The second-order valence-corrected chi connectivity index (χ2v) is 4.64. The van der Waals surface area contributed by atoms with Gasteiger partial charge in [0.15, 0.2) is 0 Å². The van der Waals surface area contributed by atoms with Gasteiger partial charge in [0.25, 0.3) is 0 Å². The molecule has 1 aromatic rings. The number of unbranched alkanes of at least 4 members (excludes halogenated alkanes) is 3. The lowest BCUT2D eigenvalue weighted by molar-refractivity contribution is 0.282. The summed E-state index contributed by atoms with van der Waals surface area (Å²) in [6.07, 6.45) is 4.21. The summed E-state index contributed by atoms with van der Waals surface area (Å²) in [6, 6.07) is 7.43. The normalized spacial score (nSPS) is 10.3. The van der Waals surface area contributed by atoms with E-state index in [1.54, 1.807) is 12.1 Å². The summed E-state index contributed by atoms with van der Waals surface area (Å²) in [6.45, 7) is 1.96. The molecule has 0 aromatic heterocycles. The average Bonchev–Trinajstić information content (AvgIpc) is 2.39. The zero-order valence-corrected chi connectivity index (χ0v) is 11.2. The van der Waals surface area contributed by atoms with Crippen LogP contribution in [-0.4, -0.2) is 18.3 Å². The fraction of sp³-hybridized carbons (Fsp3) is 0.500. The molecule has 0 radical (unpaired) electrons. The van der Waals surface area contributed by atoms with Crippen LogP contribution in [0, 0.1) is 11.3 Å². The average molecular weight is 267 g/mol. The van der Waals surface area contributed by atoms with Crippen LogP contribution in [0.1, 0.15) is 36.8 Å². The van der Waals surface area contributed by atoms with Gasteiger partial charge in [-0.3, -0.25) is 0 Å². The highest BCUT2D eigenvalue weighted by Crippen LogP contribution is 2.17. The van der Waals surface area contributed by atoms with Crippen molar-refractivity contribution >= 4 is 11.6 Å². The van der Waals surface area contributed by atoms with Gasteiger partial charge in [-0.05, 0) is 37.1 Å². The summed E-state index contributed by atoms with van der Waals surface area (Å²) in [5, 5.41) is 21.3. The van der Waals surface area contributed by atoms with E-state index in [0.717, 1.165) is 44.3 Å². The summed E-state index contributed by atoms with van der Waals surface area (Å²) in [7, 11) is 0. The van der Waals surface area contributed by atoms with E-state index in [1.807, 2.05) is 6.07 Å². The van der Waals surface area contributed by atoms with Gasteiger partial charge >= 0.3 is 0 Å². The van der Waals surface area contributed by atoms with Crippen molar-refractivity contribution in [2.24, 2.45) is 0 Å². The predicted molar refractivity (Wildman–Crippen MR) is 73.4 cm³/mol. The predicted octanol–water partition coefficient (Wildman–Crippen LogP) is 2.85. The molecular formula is C14H19ClN2O. The SMILES string of the molecule is N#Cc1ccc(CNCCCCCCO)c(Cl)c1. The van der Waals surface area contributed by atoms with Crippen LogP contribution in [-0.2, 0) is 6.54 Å². The molecule has 0 aliphatic carbocycles. The smallest absolute Gasteiger partial charge is 0.0992 e. The Kier molecular flexibility index (Phi) is 7.43. The Morgan fingerprint density at radius 2 is 2.00 bits per heavy atom. The molecule has 98 valence electrons. The first-order chi connectivity index (χ1) is 8.77. The number of hydrogen-bond acceptors (Lipinski definition) is 3. The molecule has 1 aromatic carbocycles. The minimum Gasteiger partial charge on any atom is -0.396 e. The van der Waals surface area contributed by atoms with E-state index in [4.69, 9.17) is 22.0 Å². The Balaban J connectivity index is 2.21. The number of rotatable bonds is 8. The van der Waals surface area contributed by atoms with Crippen molar-refractivity contribution in [1.29, 1.82) is 5.26 Å². The highest BCUT2D eigenvalue weighted by Gasteiger charge is 2.01. The maximum absolute atomic E-state index is 8.73. The minimum atomic E-state index is 0.286. The highest BCUT2D eigenvalue weighted by atomic mass is 35.5. The van der Waals surface area contributed by atoms with Gasteiger partial charge in [-0.1, -0.05) is 30.5 Å². The molecule has 0 heterocycles. The monoisotopic (exact) mass is 266 g/mol. The summed E-state index contributed by atoms with van der Waals surface area (Å²) in [5.74, 6) is 0. The fourth-order valence-electron chi connectivity index (χ4n) is 1.70. The van der Waals surface area contributed by atoms with Gasteiger partial charge in [-0.15, -0.1) is 0 Å². The third kappa shape index (κ3) is 5.50. The molecule has 0 spiro atoms. The molecule has 0 fully saturated rings. The van der Waals surface area contributed by atoms with Gasteiger partial charge in [0, 0.05) is 18.2 Å². The third-order valence-corrected chi connectivity index (χ3v) is 3.11. The number of nitrogens with one attached hydrogen (secondary N) is 1. The van der Waals surface area contributed by atoms with E-state index in [9.17, 15) is 0 Å². The molecule has 0 unspecified atom stereocenters. The number of aliphatic hydroxyl groups excluding tert-OH is 1. The van der Waals surface area contributed by atoms with Gasteiger partial charge in [0.05, 0.1) is 11.6 Å². The maximum atomic E-state index is 8.73. The summed E-state index contributed by atoms with van der Waals surface area (Å²) >= 11 is 6.07. The Labute approximate surface area is 113 Å². The second kappa shape index (κ2) is 8.93. The number of nitrogens with zero attached hydrogens (tertiary/aromatic N) is 1. The van der Waals surface area contributed by atoms with Crippen molar-refractivity contribution in [3.8, 4) is 6.07 Å². The first kappa shape index (κ1) is 15.0. The summed E-state index contributed by atoms with van der Waals surface area (Å²) in [5.41, 5.74) is 1.61. The standard InChI is InChI=1S/C14H19ClN2O/c15-14-9-12(10-16)5-6-13(14)11-17-7-3-1-2-4-8-18/h5-6,9,17-18H,1-4,7-8,11H2. The Hall–Kier alpha value is -1.08. The molecule has 4 heteroatoms. The number of benzene rings is 1. The van der Waals surface area contributed by atoms with Gasteiger partial charge in [0.1, 0.15) is 0 Å². The first-order valence-corrected chi connectivity index (χ1v) is 6.66. The van der Waals surface area contributed by atoms with Crippen LogP contribution >= 0.6 is 11.6 Å². The number of halogens is 1. The van der Waals surface area contributed by atoms with E-state index < -0.39 is 0 Å². The molecule has 1 rings (SSSR count).